The lowest BCUT2D eigenvalue weighted by Gasteiger charge is -2.11. The fraction of sp³-hybridized carbons (Fsp3) is 0.154. The molecular formula is C26H23BrN6O2. The van der Waals surface area contributed by atoms with E-state index in [0.29, 0.717) is 24.1 Å². The summed E-state index contributed by atoms with van der Waals surface area (Å²) in [6.07, 6.45) is 2.49. The van der Waals surface area contributed by atoms with E-state index >= 15 is 0 Å². The SMILES string of the molecule is COc1cc(/C=N/Nc2nnc3c4cc(Br)ccc4n(C)c3n2)ccc1OCCc1ccccc1. The Balaban J connectivity index is 1.27. The molecule has 2 aromatic heterocycles. The molecule has 0 fully saturated rings. The lowest BCUT2D eigenvalue weighted by Crippen LogP contribution is -2.03. The quantitative estimate of drug-likeness (QED) is 0.215. The number of aromatic nitrogens is 4. The van der Waals surface area contributed by atoms with Crippen LogP contribution < -0.4 is 14.9 Å². The van der Waals surface area contributed by atoms with Crippen molar-refractivity contribution in [1.29, 1.82) is 0 Å². The van der Waals surface area contributed by atoms with E-state index in [0.717, 1.165) is 38.5 Å². The molecule has 0 spiro atoms. The number of hydrogen-bond acceptors (Lipinski definition) is 7. The van der Waals surface area contributed by atoms with Crippen molar-refractivity contribution < 1.29 is 9.47 Å². The summed E-state index contributed by atoms with van der Waals surface area (Å²) in [6.45, 7) is 0.563. The van der Waals surface area contributed by atoms with Gasteiger partial charge in [-0.05, 0) is 47.5 Å². The van der Waals surface area contributed by atoms with E-state index in [1.807, 2.05) is 66.2 Å². The molecule has 8 nitrogen and oxygen atoms in total. The molecule has 0 unspecified atom stereocenters. The van der Waals surface area contributed by atoms with Gasteiger partial charge in [0.05, 0.1) is 25.4 Å². The van der Waals surface area contributed by atoms with Gasteiger partial charge >= 0.3 is 0 Å². The van der Waals surface area contributed by atoms with Gasteiger partial charge < -0.3 is 14.0 Å². The van der Waals surface area contributed by atoms with E-state index in [1.165, 1.54) is 5.56 Å². The van der Waals surface area contributed by atoms with Crippen LogP contribution >= 0.6 is 15.9 Å². The molecule has 0 atom stereocenters. The second kappa shape index (κ2) is 10.1. The van der Waals surface area contributed by atoms with Gasteiger partial charge in [0.2, 0.25) is 0 Å². The van der Waals surface area contributed by atoms with Gasteiger partial charge in [-0.1, -0.05) is 46.3 Å². The number of nitrogens with zero attached hydrogens (tertiary/aromatic N) is 5. The van der Waals surface area contributed by atoms with Crippen molar-refractivity contribution in [2.75, 3.05) is 19.1 Å². The summed E-state index contributed by atoms with van der Waals surface area (Å²) >= 11 is 3.51. The summed E-state index contributed by atoms with van der Waals surface area (Å²) in [5.74, 6) is 1.64. The number of rotatable bonds is 8. The number of aryl methyl sites for hydroxylation is 1. The van der Waals surface area contributed by atoms with Crippen LogP contribution in [0.3, 0.4) is 0 Å². The Morgan fingerprint density at radius 2 is 1.89 bits per heavy atom. The second-order valence-corrected chi connectivity index (χ2v) is 8.81. The number of methoxy groups -OCH3 is 1. The molecule has 0 bridgehead atoms. The molecular weight excluding hydrogens is 508 g/mol. The first kappa shape index (κ1) is 22.8. The first-order valence-electron chi connectivity index (χ1n) is 11.0. The number of hydrogen-bond donors (Lipinski definition) is 1. The van der Waals surface area contributed by atoms with Crippen molar-refractivity contribution in [3.8, 4) is 11.5 Å². The average Bonchev–Trinajstić information content (AvgIpc) is 3.16. The highest BCUT2D eigenvalue weighted by Gasteiger charge is 2.13. The normalized spacial score (nSPS) is 11.4. The number of hydrazone groups is 1. The molecule has 176 valence electrons. The monoisotopic (exact) mass is 530 g/mol. The standard InChI is InChI=1S/C26H23BrN6O2/c1-33-21-10-9-19(27)15-20(21)24-25(33)29-26(32-30-24)31-28-16-18-8-11-22(23(14-18)34-2)35-13-12-17-6-4-3-5-7-17/h3-11,14-16H,12-13H2,1-2H3,(H,29,31,32)/b28-16+. The van der Waals surface area contributed by atoms with Crippen molar-refractivity contribution in [2.45, 2.75) is 6.42 Å². The van der Waals surface area contributed by atoms with Crippen LogP contribution in [-0.4, -0.2) is 39.7 Å². The zero-order chi connectivity index (χ0) is 24.2. The Kier molecular flexibility index (Phi) is 6.58. The minimum atomic E-state index is 0.312. The molecule has 0 aliphatic rings. The van der Waals surface area contributed by atoms with Crippen LogP contribution in [0, 0.1) is 0 Å². The van der Waals surface area contributed by atoms with Crippen LogP contribution in [0.1, 0.15) is 11.1 Å². The maximum atomic E-state index is 5.93. The van der Waals surface area contributed by atoms with Crippen LogP contribution in [0.25, 0.3) is 22.1 Å². The van der Waals surface area contributed by atoms with Crippen molar-refractivity contribution in [1.82, 2.24) is 19.7 Å². The van der Waals surface area contributed by atoms with Gasteiger partial charge in [0, 0.05) is 23.3 Å². The number of benzene rings is 3. The zero-order valence-corrected chi connectivity index (χ0v) is 20.9. The summed E-state index contributed by atoms with van der Waals surface area (Å²) in [6, 6.07) is 21.9. The molecule has 35 heavy (non-hydrogen) atoms. The van der Waals surface area contributed by atoms with E-state index < -0.39 is 0 Å². The molecule has 0 radical (unpaired) electrons. The highest BCUT2D eigenvalue weighted by atomic mass is 79.9. The van der Waals surface area contributed by atoms with Crippen LogP contribution in [0.15, 0.2) is 76.3 Å². The van der Waals surface area contributed by atoms with Crippen molar-refractivity contribution >= 4 is 50.2 Å². The summed E-state index contributed by atoms with van der Waals surface area (Å²) in [7, 11) is 3.58. The van der Waals surface area contributed by atoms with E-state index in [9.17, 15) is 0 Å². The lowest BCUT2D eigenvalue weighted by molar-refractivity contribution is 0.297. The summed E-state index contributed by atoms with van der Waals surface area (Å²) in [4.78, 5) is 4.58. The zero-order valence-electron chi connectivity index (χ0n) is 19.3. The number of nitrogens with one attached hydrogen (secondary N) is 1. The van der Waals surface area contributed by atoms with Gasteiger partial charge in [0.1, 0.15) is 5.52 Å². The van der Waals surface area contributed by atoms with Gasteiger partial charge in [-0.15, -0.1) is 10.2 Å². The Morgan fingerprint density at radius 1 is 1.03 bits per heavy atom. The Labute approximate surface area is 210 Å². The predicted molar refractivity (Wildman–Crippen MR) is 141 cm³/mol. The summed E-state index contributed by atoms with van der Waals surface area (Å²) in [5, 5.41) is 13.8. The molecule has 0 saturated carbocycles. The van der Waals surface area contributed by atoms with Gasteiger partial charge in [-0.3, -0.25) is 0 Å². The average molecular weight is 531 g/mol. The molecule has 0 aliphatic heterocycles. The molecule has 0 aliphatic carbocycles. The van der Waals surface area contributed by atoms with Crippen LogP contribution in [0.2, 0.25) is 0 Å². The van der Waals surface area contributed by atoms with Crippen LogP contribution in [-0.2, 0) is 13.5 Å². The third kappa shape index (κ3) is 4.95. The molecule has 9 heteroatoms. The summed E-state index contributed by atoms with van der Waals surface area (Å²) < 4.78 is 14.4. The van der Waals surface area contributed by atoms with Gasteiger partial charge in [0.15, 0.2) is 17.1 Å². The molecule has 0 amide bonds. The van der Waals surface area contributed by atoms with E-state index in [1.54, 1.807) is 13.3 Å². The van der Waals surface area contributed by atoms with E-state index in [4.69, 9.17) is 9.47 Å². The first-order valence-corrected chi connectivity index (χ1v) is 11.8. The third-order valence-corrected chi connectivity index (χ3v) is 6.11. The minimum absolute atomic E-state index is 0.312. The number of halogens is 1. The Bertz CT molecular complexity index is 1520. The van der Waals surface area contributed by atoms with Gasteiger partial charge in [-0.2, -0.15) is 10.1 Å². The largest absolute Gasteiger partial charge is 0.493 e. The minimum Gasteiger partial charge on any atom is -0.493 e. The van der Waals surface area contributed by atoms with Crippen LogP contribution in [0.4, 0.5) is 5.95 Å². The molecule has 0 saturated heterocycles. The van der Waals surface area contributed by atoms with Crippen molar-refractivity contribution in [2.24, 2.45) is 12.1 Å². The molecule has 5 rings (SSSR count). The molecule has 5 aromatic rings. The smallest absolute Gasteiger partial charge is 0.265 e. The Hall–Kier alpha value is -3.98. The number of anilines is 1. The predicted octanol–water partition coefficient (Wildman–Crippen LogP) is 5.36. The molecule has 2 heterocycles. The van der Waals surface area contributed by atoms with E-state index in [-0.39, 0.29) is 0 Å². The number of fused-ring (bicyclic) bond motifs is 3. The van der Waals surface area contributed by atoms with Crippen molar-refractivity contribution in [3.05, 3.63) is 82.3 Å². The fourth-order valence-electron chi connectivity index (χ4n) is 3.85. The fourth-order valence-corrected chi connectivity index (χ4v) is 4.21. The van der Waals surface area contributed by atoms with Crippen LogP contribution in [0.5, 0.6) is 11.5 Å². The molecule has 3 aromatic carbocycles. The van der Waals surface area contributed by atoms with Crippen molar-refractivity contribution in [3.63, 3.8) is 0 Å². The maximum absolute atomic E-state index is 5.93. The van der Waals surface area contributed by atoms with E-state index in [2.05, 4.69) is 53.8 Å². The topological polar surface area (TPSA) is 86.5 Å². The van der Waals surface area contributed by atoms with Gasteiger partial charge in [0.25, 0.3) is 5.95 Å². The third-order valence-electron chi connectivity index (χ3n) is 5.62. The number of ether oxygens (including phenoxy) is 2. The molecule has 1 N–H and O–H groups in total. The highest BCUT2D eigenvalue weighted by Crippen LogP contribution is 2.29. The maximum Gasteiger partial charge on any atom is 0.265 e. The summed E-state index contributed by atoms with van der Waals surface area (Å²) in [5.41, 5.74) is 7.43. The Morgan fingerprint density at radius 3 is 2.71 bits per heavy atom. The van der Waals surface area contributed by atoms with Gasteiger partial charge in [-0.25, -0.2) is 5.43 Å². The lowest BCUT2D eigenvalue weighted by atomic mass is 10.2. The first-order chi connectivity index (χ1) is 17.1. The second-order valence-electron chi connectivity index (χ2n) is 7.89. The highest BCUT2D eigenvalue weighted by molar-refractivity contribution is 9.10.